The van der Waals surface area contributed by atoms with Crippen LogP contribution in [-0.2, 0) is 0 Å². The number of fused-ring (bicyclic) bond motifs is 2. The van der Waals surface area contributed by atoms with Gasteiger partial charge in [0.05, 0.1) is 12.5 Å². The third kappa shape index (κ3) is 1.25. The van der Waals surface area contributed by atoms with Crippen LogP contribution < -0.4 is 4.74 Å². The van der Waals surface area contributed by atoms with Gasteiger partial charge in [-0.05, 0) is 26.0 Å². The summed E-state index contributed by atoms with van der Waals surface area (Å²) in [5.41, 5.74) is 1.64. The van der Waals surface area contributed by atoms with E-state index >= 15 is 0 Å². The third-order valence-corrected chi connectivity index (χ3v) is 2.97. The Hall–Kier alpha value is -2.41. The number of aryl methyl sites for hydroxylation is 2. The Bertz CT molecular complexity index is 744. The Kier molecular flexibility index (Phi) is 2.11. The molecule has 18 heavy (non-hydrogen) atoms. The Morgan fingerprint density at radius 3 is 2.28 bits per heavy atom. The van der Waals surface area contributed by atoms with Crippen LogP contribution in [0.15, 0.2) is 21.0 Å². The fraction of sp³-hybridized carbons (Fsp3) is 0.214. The minimum Gasteiger partial charge on any atom is -0.492 e. The number of hydrogen-bond acceptors (Lipinski definition) is 4. The van der Waals surface area contributed by atoms with Gasteiger partial charge in [-0.2, -0.15) is 5.26 Å². The zero-order chi connectivity index (χ0) is 12.9. The SMILES string of the molecule is COc1c2cc(C)oc2c(C#N)c2cc(C)oc12. The molecule has 0 saturated carbocycles. The van der Waals surface area contributed by atoms with E-state index in [2.05, 4.69) is 6.07 Å². The van der Waals surface area contributed by atoms with Crippen LogP contribution in [0.25, 0.3) is 21.9 Å². The number of hydrogen-bond donors (Lipinski definition) is 0. The van der Waals surface area contributed by atoms with Crippen LogP contribution >= 0.6 is 0 Å². The van der Waals surface area contributed by atoms with Crippen LogP contribution in [0.4, 0.5) is 0 Å². The Morgan fingerprint density at radius 1 is 1.06 bits per heavy atom. The van der Waals surface area contributed by atoms with Crippen molar-refractivity contribution in [2.45, 2.75) is 13.8 Å². The molecule has 0 bridgehead atoms. The summed E-state index contributed by atoms with van der Waals surface area (Å²) in [5.74, 6) is 2.09. The molecule has 0 amide bonds. The zero-order valence-electron chi connectivity index (χ0n) is 10.3. The molecule has 0 radical (unpaired) electrons. The number of furan rings is 2. The summed E-state index contributed by atoms with van der Waals surface area (Å²) in [4.78, 5) is 0. The van der Waals surface area contributed by atoms with Gasteiger partial charge in [-0.25, -0.2) is 0 Å². The molecule has 3 rings (SSSR count). The van der Waals surface area contributed by atoms with Crippen molar-refractivity contribution in [1.29, 1.82) is 5.26 Å². The zero-order valence-corrected chi connectivity index (χ0v) is 10.3. The van der Waals surface area contributed by atoms with E-state index < -0.39 is 0 Å². The van der Waals surface area contributed by atoms with Gasteiger partial charge in [0.25, 0.3) is 0 Å². The fourth-order valence-corrected chi connectivity index (χ4v) is 2.30. The van der Waals surface area contributed by atoms with Crippen molar-refractivity contribution in [3.05, 3.63) is 29.2 Å². The predicted octanol–water partition coefficient (Wildman–Crippen LogP) is 3.68. The minimum atomic E-state index is 0.491. The van der Waals surface area contributed by atoms with Crippen LogP contribution in [0.2, 0.25) is 0 Å². The molecule has 1 aromatic carbocycles. The fourth-order valence-electron chi connectivity index (χ4n) is 2.30. The van der Waals surface area contributed by atoms with Crippen LogP contribution in [0.3, 0.4) is 0 Å². The largest absolute Gasteiger partial charge is 0.492 e. The summed E-state index contributed by atoms with van der Waals surface area (Å²) in [6, 6.07) is 5.86. The summed E-state index contributed by atoms with van der Waals surface area (Å²) in [7, 11) is 1.58. The number of rotatable bonds is 1. The van der Waals surface area contributed by atoms with E-state index in [1.807, 2.05) is 26.0 Å². The number of methoxy groups -OCH3 is 1. The molecule has 0 aliphatic heterocycles. The van der Waals surface area contributed by atoms with Gasteiger partial charge >= 0.3 is 0 Å². The van der Waals surface area contributed by atoms with Crippen molar-refractivity contribution in [1.82, 2.24) is 0 Å². The van der Waals surface area contributed by atoms with Gasteiger partial charge in [-0.3, -0.25) is 0 Å². The smallest absolute Gasteiger partial charge is 0.178 e. The molecule has 0 saturated heterocycles. The van der Waals surface area contributed by atoms with E-state index in [0.717, 1.165) is 22.3 Å². The quantitative estimate of drug-likeness (QED) is 0.652. The second-order valence-corrected chi connectivity index (χ2v) is 4.22. The van der Waals surface area contributed by atoms with Gasteiger partial charge in [0.1, 0.15) is 23.2 Å². The molecule has 0 aliphatic carbocycles. The Labute approximate surface area is 103 Å². The minimum absolute atomic E-state index is 0.491. The van der Waals surface area contributed by atoms with Crippen molar-refractivity contribution < 1.29 is 13.6 Å². The van der Waals surface area contributed by atoms with Crippen molar-refractivity contribution in [2.24, 2.45) is 0 Å². The van der Waals surface area contributed by atoms with Crippen molar-refractivity contribution in [3.8, 4) is 11.8 Å². The molecule has 0 atom stereocenters. The summed E-state index contributed by atoms with van der Waals surface area (Å²) in [6.07, 6.45) is 0. The average Bonchev–Trinajstić information content (AvgIpc) is 2.87. The van der Waals surface area contributed by atoms with Gasteiger partial charge in [0.15, 0.2) is 16.9 Å². The molecule has 0 unspecified atom stereocenters. The van der Waals surface area contributed by atoms with E-state index in [4.69, 9.17) is 13.6 Å². The summed E-state index contributed by atoms with van der Waals surface area (Å²) >= 11 is 0. The normalized spacial score (nSPS) is 11.0. The van der Waals surface area contributed by atoms with Gasteiger partial charge in [0, 0.05) is 5.39 Å². The molecular weight excluding hydrogens is 230 g/mol. The monoisotopic (exact) mass is 241 g/mol. The van der Waals surface area contributed by atoms with Crippen LogP contribution in [0, 0.1) is 25.2 Å². The number of nitriles is 1. The molecule has 4 nitrogen and oxygen atoms in total. The highest BCUT2D eigenvalue weighted by Crippen LogP contribution is 2.40. The second kappa shape index (κ2) is 3.54. The molecule has 0 N–H and O–H groups in total. The third-order valence-electron chi connectivity index (χ3n) is 2.97. The van der Waals surface area contributed by atoms with E-state index in [9.17, 15) is 5.26 Å². The summed E-state index contributed by atoms with van der Waals surface area (Å²) < 4.78 is 16.6. The topological polar surface area (TPSA) is 59.3 Å². The predicted molar refractivity (Wildman–Crippen MR) is 66.7 cm³/mol. The van der Waals surface area contributed by atoms with E-state index in [-0.39, 0.29) is 0 Å². The highest BCUT2D eigenvalue weighted by molar-refractivity contribution is 6.06. The van der Waals surface area contributed by atoms with Crippen molar-refractivity contribution in [3.63, 3.8) is 0 Å². The lowest BCUT2D eigenvalue weighted by Crippen LogP contribution is -1.87. The van der Waals surface area contributed by atoms with Gasteiger partial charge < -0.3 is 13.6 Å². The van der Waals surface area contributed by atoms with E-state index in [1.165, 1.54) is 0 Å². The first-order chi connectivity index (χ1) is 8.65. The van der Waals surface area contributed by atoms with Crippen molar-refractivity contribution >= 4 is 21.9 Å². The number of ether oxygens (including phenoxy) is 1. The van der Waals surface area contributed by atoms with Gasteiger partial charge in [0.2, 0.25) is 0 Å². The lowest BCUT2D eigenvalue weighted by Gasteiger charge is -2.03. The number of nitrogens with zero attached hydrogens (tertiary/aromatic N) is 1. The summed E-state index contributed by atoms with van der Waals surface area (Å²) in [5, 5.41) is 10.8. The van der Waals surface area contributed by atoms with Gasteiger partial charge in [-0.15, -0.1) is 0 Å². The number of benzene rings is 1. The average molecular weight is 241 g/mol. The van der Waals surface area contributed by atoms with E-state index in [1.54, 1.807) is 7.11 Å². The Balaban J connectivity index is 2.64. The molecule has 0 fully saturated rings. The summed E-state index contributed by atoms with van der Waals surface area (Å²) in [6.45, 7) is 3.68. The first kappa shape index (κ1) is 10.7. The van der Waals surface area contributed by atoms with Crippen LogP contribution in [-0.4, -0.2) is 7.11 Å². The first-order valence-corrected chi connectivity index (χ1v) is 5.56. The molecular formula is C14H11NO3. The standard InChI is InChI=1S/C14H11NO3/c1-7-4-9-11(6-15)12-10(5-8(2)17-12)13(16-3)14(9)18-7/h4-5H,1-3H3. The maximum Gasteiger partial charge on any atom is 0.178 e. The van der Waals surface area contributed by atoms with E-state index in [0.29, 0.717) is 22.5 Å². The maximum absolute atomic E-state index is 9.32. The van der Waals surface area contributed by atoms with Crippen LogP contribution in [0.5, 0.6) is 5.75 Å². The molecule has 2 heterocycles. The molecule has 3 aromatic rings. The molecule has 2 aromatic heterocycles. The maximum atomic E-state index is 9.32. The highest BCUT2D eigenvalue weighted by atomic mass is 16.5. The molecule has 90 valence electrons. The first-order valence-electron chi connectivity index (χ1n) is 5.56. The lowest BCUT2D eigenvalue weighted by molar-refractivity contribution is 0.413. The highest BCUT2D eigenvalue weighted by Gasteiger charge is 2.21. The second-order valence-electron chi connectivity index (χ2n) is 4.22. The Morgan fingerprint density at radius 2 is 1.67 bits per heavy atom. The van der Waals surface area contributed by atoms with Crippen molar-refractivity contribution in [2.75, 3.05) is 7.11 Å². The van der Waals surface area contributed by atoms with Gasteiger partial charge in [-0.1, -0.05) is 0 Å². The lowest BCUT2D eigenvalue weighted by atomic mass is 10.1. The molecule has 0 spiro atoms. The molecule has 4 heteroatoms. The van der Waals surface area contributed by atoms with Crippen LogP contribution in [0.1, 0.15) is 17.1 Å². The molecule has 0 aliphatic rings.